The summed E-state index contributed by atoms with van der Waals surface area (Å²) in [6, 6.07) is 4.30. The molecule has 3 aromatic heterocycles. The van der Waals surface area contributed by atoms with Crippen LogP contribution in [0.25, 0.3) is 22.3 Å². The van der Waals surface area contributed by atoms with Gasteiger partial charge in [0.05, 0.1) is 22.8 Å². The normalized spacial score (nSPS) is 17.4. The molecule has 27 heavy (non-hydrogen) atoms. The smallest absolute Gasteiger partial charge is 0.254 e. The molecule has 0 aliphatic carbocycles. The third kappa shape index (κ3) is 3.15. The van der Waals surface area contributed by atoms with Crippen molar-refractivity contribution in [2.75, 3.05) is 13.1 Å². The molecular weight excluding hydrogens is 358 g/mol. The third-order valence-corrected chi connectivity index (χ3v) is 6.08. The van der Waals surface area contributed by atoms with Crippen LogP contribution in [0, 0.1) is 13.8 Å². The Kier molecular flexibility index (Phi) is 4.52. The summed E-state index contributed by atoms with van der Waals surface area (Å²) in [7, 11) is 0. The molecule has 4 heterocycles. The zero-order chi connectivity index (χ0) is 19.3. The lowest BCUT2D eigenvalue weighted by atomic mass is 10.1. The van der Waals surface area contributed by atoms with Gasteiger partial charge in [-0.15, -0.1) is 11.3 Å². The predicted octanol–water partition coefficient (Wildman–Crippen LogP) is 3.53. The topological polar surface area (TPSA) is 77.0 Å². The van der Waals surface area contributed by atoms with Crippen molar-refractivity contribution in [1.82, 2.24) is 19.7 Å². The van der Waals surface area contributed by atoms with Crippen LogP contribution < -0.4 is 5.73 Å². The fourth-order valence-corrected chi connectivity index (χ4v) is 4.67. The fourth-order valence-electron chi connectivity index (χ4n) is 3.74. The van der Waals surface area contributed by atoms with E-state index >= 15 is 0 Å². The number of pyridine rings is 1. The molecule has 2 N–H and O–H groups in total. The highest BCUT2D eigenvalue weighted by molar-refractivity contribution is 7.12. The van der Waals surface area contributed by atoms with Crippen LogP contribution >= 0.6 is 11.3 Å². The van der Waals surface area contributed by atoms with Gasteiger partial charge in [0.2, 0.25) is 0 Å². The van der Waals surface area contributed by atoms with Gasteiger partial charge in [0.25, 0.3) is 5.91 Å². The largest absolute Gasteiger partial charge is 0.337 e. The fraction of sp³-hybridized carbons (Fsp3) is 0.450. The molecule has 0 aromatic carbocycles. The van der Waals surface area contributed by atoms with E-state index < -0.39 is 0 Å². The first-order chi connectivity index (χ1) is 12.8. The van der Waals surface area contributed by atoms with E-state index in [2.05, 4.69) is 38.9 Å². The van der Waals surface area contributed by atoms with Gasteiger partial charge in [0, 0.05) is 40.5 Å². The number of aromatic nitrogens is 3. The Labute approximate surface area is 163 Å². The molecule has 7 heteroatoms. The van der Waals surface area contributed by atoms with Crippen molar-refractivity contribution < 1.29 is 4.79 Å². The van der Waals surface area contributed by atoms with Crippen LogP contribution in [-0.4, -0.2) is 44.7 Å². The average molecular weight is 384 g/mol. The maximum atomic E-state index is 13.3. The molecule has 1 aliphatic rings. The Balaban J connectivity index is 1.91. The number of aryl methyl sites for hydroxylation is 2. The summed E-state index contributed by atoms with van der Waals surface area (Å²) >= 11 is 1.75. The number of amides is 1. The highest BCUT2D eigenvalue weighted by Crippen LogP contribution is 2.33. The maximum absolute atomic E-state index is 13.3. The first kappa shape index (κ1) is 18.1. The SMILES string of the molecule is Cc1cc(-c2cc(C(=O)N3CC[C@H](N)C3)c3cnn(C(C)C)c3n2)c(C)s1. The van der Waals surface area contributed by atoms with Crippen molar-refractivity contribution in [3.63, 3.8) is 0 Å². The van der Waals surface area contributed by atoms with E-state index in [1.165, 1.54) is 9.75 Å². The first-order valence-corrected chi connectivity index (χ1v) is 10.2. The van der Waals surface area contributed by atoms with Crippen molar-refractivity contribution in [3.8, 4) is 11.3 Å². The minimum absolute atomic E-state index is 0.0181. The zero-order valence-electron chi connectivity index (χ0n) is 16.2. The van der Waals surface area contributed by atoms with Gasteiger partial charge in [-0.2, -0.15) is 5.10 Å². The molecule has 142 valence electrons. The van der Waals surface area contributed by atoms with Gasteiger partial charge in [-0.3, -0.25) is 4.79 Å². The number of nitrogens with two attached hydrogens (primary N) is 1. The Morgan fingerprint density at radius 2 is 2.11 bits per heavy atom. The monoisotopic (exact) mass is 383 g/mol. The molecule has 1 amide bonds. The molecule has 0 unspecified atom stereocenters. The zero-order valence-corrected chi connectivity index (χ0v) is 17.0. The van der Waals surface area contributed by atoms with E-state index in [1.807, 2.05) is 15.6 Å². The molecule has 0 spiro atoms. The van der Waals surface area contributed by atoms with Gasteiger partial charge >= 0.3 is 0 Å². The Hall–Kier alpha value is -2.25. The third-order valence-electron chi connectivity index (χ3n) is 5.12. The molecule has 1 atom stereocenters. The quantitative estimate of drug-likeness (QED) is 0.750. The number of carbonyl (C=O) groups is 1. The van der Waals surface area contributed by atoms with E-state index in [1.54, 1.807) is 17.5 Å². The van der Waals surface area contributed by atoms with Crippen molar-refractivity contribution in [1.29, 1.82) is 0 Å². The summed E-state index contributed by atoms with van der Waals surface area (Å²) in [5.41, 5.74) is 9.37. The Morgan fingerprint density at radius 3 is 2.70 bits per heavy atom. The number of rotatable bonds is 3. The molecule has 0 bridgehead atoms. The molecule has 0 radical (unpaired) electrons. The standard InChI is InChI=1S/C20H25N5OS/c1-11(2)25-19-17(9-22-25)16(20(26)24-6-5-14(21)10-24)8-18(23-19)15-7-12(3)27-13(15)4/h7-9,11,14H,5-6,10,21H2,1-4H3/t14-/m0/s1. The second-order valence-electron chi connectivity index (χ2n) is 7.60. The first-order valence-electron chi connectivity index (χ1n) is 9.35. The number of carbonyl (C=O) groups excluding carboxylic acids is 1. The molecule has 1 fully saturated rings. The van der Waals surface area contributed by atoms with E-state index in [4.69, 9.17) is 10.7 Å². The van der Waals surface area contributed by atoms with Crippen LogP contribution in [0.3, 0.4) is 0 Å². The van der Waals surface area contributed by atoms with Gasteiger partial charge in [-0.1, -0.05) is 0 Å². The van der Waals surface area contributed by atoms with E-state index in [-0.39, 0.29) is 18.0 Å². The number of fused-ring (bicyclic) bond motifs is 1. The second-order valence-corrected chi connectivity index (χ2v) is 9.06. The van der Waals surface area contributed by atoms with Gasteiger partial charge in [0.1, 0.15) is 0 Å². The van der Waals surface area contributed by atoms with Crippen molar-refractivity contribution >= 4 is 28.3 Å². The number of likely N-dealkylation sites (tertiary alicyclic amines) is 1. The van der Waals surface area contributed by atoms with Crippen LogP contribution in [-0.2, 0) is 0 Å². The van der Waals surface area contributed by atoms with Gasteiger partial charge in [-0.25, -0.2) is 9.67 Å². The molecule has 0 saturated carbocycles. The minimum Gasteiger partial charge on any atom is -0.337 e. The lowest BCUT2D eigenvalue weighted by molar-refractivity contribution is 0.0793. The van der Waals surface area contributed by atoms with Gasteiger partial charge < -0.3 is 10.6 Å². The Morgan fingerprint density at radius 1 is 1.33 bits per heavy atom. The van der Waals surface area contributed by atoms with Gasteiger partial charge in [-0.05, 0) is 46.2 Å². The van der Waals surface area contributed by atoms with E-state index in [0.717, 1.165) is 28.7 Å². The molecule has 1 aliphatic heterocycles. The average Bonchev–Trinajstić information content (AvgIpc) is 3.31. The van der Waals surface area contributed by atoms with Crippen LogP contribution in [0.4, 0.5) is 0 Å². The molecule has 1 saturated heterocycles. The summed E-state index contributed by atoms with van der Waals surface area (Å²) in [4.78, 5) is 22.5. The lowest BCUT2D eigenvalue weighted by Gasteiger charge is -2.17. The molecular formula is C20H25N5OS. The van der Waals surface area contributed by atoms with E-state index in [9.17, 15) is 4.79 Å². The van der Waals surface area contributed by atoms with Crippen LogP contribution in [0.5, 0.6) is 0 Å². The number of thiophene rings is 1. The predicted molar refractivity (Wildman–Crippen MR) is 109 cm³/mol. The van der Waals surface area contributed by atoms with Crippen molar-refractivity contribution in [2.45, 2.75) is 46.2 Å². The van der Waals surface area contributed by atoms with Crippen molar-refractivity contribution in [2.24, 2.45) is 5.73 Å². The molecule has 6 nitrogen and oxygen atoms in total. The van der Waals surface area contributed by atoms with Gasteiger partial charge in [0.15, 0.2) is 5.65 Å². The van der Waals surface area contributed by atoms with Crippen LogP contribution in [0.2, 0.25) is 0 Å². The summed E-state index contributed by atoms with van der Waals surface area (Å²) in [5.74, 6) is 0.0181. The second kappa shape index (κ2) is 6.73. The number of hydrogen-bond acceptors (Lipinski definition) is 5. The minimum atomic E-state index is 0.0181. The summed E-state index contributed by atoms with van der Waals surface area (Å²) in [5, 5.41) is 5.31. The lowest BCUT2D eigenvalue weighted by Crippen LogP contribution is -2.32. The Bertz CT molecular complexity index is 1020. The number of nitrogens with zero attached hydrogens (tertiary/aromatic N) is 4. The molecule has 3 aromatic rings. The summed E-state index contributed by atoms with van der Waals surface area (Å²) in [6.07, 6.45) is 2.61. The highest BCUT2D eigenvalue weighted by Gasteiger charge is 2.27. The van der Waals surface area contributed by atoms with Crippen LogP contribution in [0.15, 0.2) is 18.3 Å². The summed E-state index contributed by atoms with van der Waals surface area (Å²) < 4.78 is 1.89. The van der Waals surface area contributed by atoms with E-state index in [0.29, 0.717) is 18.7 Å². The maximum Gasteiger partial charge on any atom is 0.254 e. The number of hydrogen-bond donors (Lipinski definition) is 1. The summed E-state index contributed by atoms with van der Waals surface area (Å²) in [6.45, 7) is 9.64. The molecule has 4 rings (SSSR count). The van der Waals surface area contributed by atoms with Crippen molar-refractivity contribution in [3.05, 3.63) is 33.6 Å². The highest BCUT2D eigenvalue weighted by atomic mass is 32.1. The van der Waals surface area contributed by atoms with Crippen LogP contribution in [0.1, 0.15) is 46.4 Å².